The summed E-state index contributed by atoms with van der Waals surface area (Å²) in [5, 5.41) is 10.1. The van der Waals surface area contributed by atoms with Gasteiger partial charge in [-0.15, -0.1) is 0 Å². The maximum atomic E-state index is 10.1. The first-order valence-corrected chi connectivity index (χ1v) is 5.82. The number of rotatable bonds is 1. The van der Waals surface area contributed by atoms with Gasteiger partial charge in [0.2, 0.25) is 0 Å². The lowest BCUT2D eigenvalue weighted by molar-refractivity contribution is 0.0208. The van der Waals surface area contributed by atoms with Crippen molar-refractivity contribution in [2.45, 2.75) is 18.6 Å². The third-order valence-corrected chi connectivity index (χ3v) is 3.13. The third-order valence-electron chi connectivity index (χ3n) is 3.13. The van der Waals surface area contributed by atoms with Crippen LogP contribution in [-0.2, 0) is 6.42 Å². The lowest BCUT2D eigenvalue weighted by Gasteiger charge is -2.30. The Balaban J connectivity index is 1.95. The minimum atomic E-state index is -0.479. The SMILES string of the molecule is O[C@@H]1Cc2ccccc2O[C@@H]1c1ccccc1. The molecule has 0 aromatic heterocycles. The van der Waals surface area contributed by atoms with E-state index in [1.807, 2.05) is 54.6 Å². The van der Waals surface area contributed by atoms with Crippen molar-refractivity contribution in [3.8, 4) is 5.75 Å². The molecule has 86 valence electrons. The van der Waals surface area contributed by atoms with Crippen LogP contribution in [0.4, 0.5) is 0 Å². The molecular weight excluding hydrogens is 212 g/mol. The molecule has 0 saturated heterocycles. The van der Waals surface area contributed by atoms with E-state index in [0.717, 1.165) is 16.9 Å². The van der Waals surface area contributed by atoms with E-state index in [0.29, 0.717) is 6.42 Å². The van der Waals surface area contributed by atoms with E-state index in [2.05, 4.69) is 0 Å². The smallest absolute Gasteiger partial charge is 0.150 e. The van der Waals surface area contributed by atoms with Crippen molar-refractivity contribution >= 4 is 0 Å². The normalized spacial score (nSPS) is 22.6. The standard InChI is InChI=1S/C15H14O2/c16-13-10-12-8-4-5-9-14(12)17-15(13)11-6-2-1-3-7-11/h1-9,13,15-16H,10H2/t13-,15-/m1/s1. The van der Waals surface area contributed by atoms with Gasteiger partial charge in [0.25, 0.3) is 0 Å². The summed E-state index contributed by atoms with van der Waals surface area (Å²) >= 11 is 0. The number of benzene rings is 2. The highest BCUT2D eigenvalue weighted by Gasteiger charge is 2.29. The van der Waals surface area contributed by atoms with Crippen molar-refractivity contribution < 1.29 is 9.84 Å². The predicted molar refractivity (Wildman–Crippen MR) is 66.0 cm³/mol. The quantitative estimate of drug-likeness (QED) is 0.810. The van der Waals surface area contributed by atoms with Crippen molar-refractivity contribution in [2.75, 3.05) is 0 Å². The largest absolute Gasteiger partial charge is 0.483 e. The Morgan fingerprint density at radius 1 is 0.941 bits per heavy atom. The van der Waals surface area contributed by atoms with Crippen molar-refractivity contribution in [1.29, 1.82) is 0 Å². The van der Waals surface area contributed by atoms with E-state index in [1.54, 1.807) is 0 Å². The molecule has 2 aromatic rings. The highest BCUT2D eigenvalue weighted by atomic mass is 16.5. The molecule has 0 fully saturated rings. The van der Waals surface area contributed by atoms with Crippen LogP contribution in [0.15, 0.2) is 54.6 Å². The molecule has 0 saturated carbocycles. The Hall–Kier alpha value is -1.80. The molecule has 0 unspecified atom stereocenters. The molecule has 0 spiro atoms. The average Bonchev–Trinajstić information content (AvgIpc) is 2.39. The fraction of sp³-hybridized carbons (Fsp3) is 0.200. The van der Waals surface area contributed by atoms with E-state index >= 15 is 0 Å². The third kappa shape index (κ3) is 1.92. The van der Waals surface area contributed by atoms with E-state index in [-0.39, 0.29) is 6.10 Å². The lowest BCUT2D eigenvalue weighted by atomic mass is 9.95. The Morgan fingerprint density at radius 2 is 1.65 bits per heavy atom. The zero-order valence-corrected chi connectivity index (χ0v) is 9.41. The first-order chi connectivity index (χ1) is 8.34. The molecule has 0 bridgehead atoms. The number of para-hydroxylation sites is 1. The second-order valence-corrected chi connectivity index (χ2v) is 4.33. The van der Waals surface area contributed by atoms with Gasteiger partial charge in [-0.3, -0.25) is 0 Å². The fourth-order valence-corrected chi connectivity index (χ4v) is 2.27. The number of ether oxygens (including phenoxy) is 1. The van der Waals surface area contributed by atoms with Crippen LogP contribution >= 0.6 is 0 Å². The molecule has 1 aliphatic rings. The number of fused-ring (bicyclic) bond motifs is 1. The summed E-state index contributed by atoms with van der Waals surface area (Å²) in [7, 11) is 0. The molecule has 1 N–H and O–H groups in total. The van der Waals surface area contributed by atoms with Gasteiger partial charge in [0.05, 0.1) is 6.10 Å². The summed E-state index contributed by atoms with van der Waals surface area (Å²) in [5.41, 5.74) is 2.10. The van der Waals surface area contributed by atoms with Crippen molar-refractivity contribution in [2.24, 2.45) is 0 Å². The maximum absolute atomic E-state index is 10.1. The van der Waals surface area contributed by atoms with Gasteiger partial charge in [0.1, 0.15) is 11.9 Å². The Labute approximate surface area is 100 Å². The number of hydrogen-bond donors (Lipinski definition) is 1. The van der Waals surface area contributed by atoms with Crippen LogP contribution in [0.5, 0.6) is 5.75 Å². The van der Waals surface area contributed by atoms with Crippen LogP contribution in [0.25, 0.3) is 0 Å². The monoisotopic (exact) mass is 226 g/mol. The maximum Gasteiger partial charge on any atom is 0.150 e. The van der Waals surface area contributed by atoms with Crippen LogP contribution in [0.2, 0.25) is 0 Å². The summed E-state index contributed by atoms with van der Waals surface area (Å²) in [4.78, 5) is 0. The summed E-state index contributed by atoms with van der Waals surface area (Å²) in [6.07, 6.45) is -0.0890. The molecule has 2 aromatic carbocycles. The molecular formula is C15H14O2. The molecule has 1 heterocycles. The predicted octanol–water partition coefficient (Wildman–Crippen LogP) is 2.72. The Morgan fingerprint density at radius 3 is 2.47 bits per heavy atom. The average molecular weight is 226 g/mol. The molecule has 1 aliphatic heterocycles. The van der Waals surface area contributed by atoms with Crippen LogP contribution in [-0.4, -0.2) is 11.2 Å². The molecule has 0 amide bonds. The van der Waals surface area contributed by atoms with Crippen molar-refractivity contribution in [3.05, 3.63) is 65.7 Å². The minimum Gasteiger partial charge on any atom is -0.483 e. The molecule has 2 nitrogen and oxygen atoms in total. The highest BCUT2D eigenvalue weighted by molar-refractivity contribution is 5.37. The zero-order valence-electron chi connectivity index (χ0n) is 9.41. The number of aliphatic hydroxyl groups excluding tert-OH is 1. The van der Waals surface area contributed by atoms with Gasteiger partial charge in [-0.1, -0.05) is 48.5 Å². The first kappa shape index (κ1) is 10.4. The fourth-order valence-electron chi connectivity index (χ4n) is 2.27. The zero-order chi connectivity index (χ0) is 11.7. The second kappa shape index (κ2) is 4.22. The summed E-state index contributed by atoms with van der Waals surface area (Å²) in [5.74, 6) is 0.881. The van der Waals surface area contributed by atoms with Gasteiger partial charge in [-0.2, -0.15) is 0 Å². The van der Waals surface area contributed by atoms with E-state index in [9.17, 15) is 5.11 Å². The molecule has 17 heavy (non-hydrogen) atoms. The van der Waals surface area contributed by atoms with E-state index in [1.165, 1.54) is 0 Å². The highest BCUT2D eigenvalue weighted by Crippen LogP contribution is 2.34. The van der Waals surface area contributed by atoms with Gasteiger partial charge in [-0.25, -0.2) is 0 Å². The van der Waals surface area contributed by atoms with Crippen molar-refractivity contribution in [3.63, 3.8) is 0 Å². The van der Waals surface area contributed by atoms with Crippen LogP contribution in [0, 0.1) is 0 Å². The topological polar surface area (TPSA) is 29.5 Å². The summed E-state index contributed by atoms with van der Waals surface area (Å²) in [6, 6.07) is 17.8. The number of aliphatic hydroxyl groups is 1. The molecule has 3 rings (SSSR count). The van der Waals surface area contributed by atoms with Gasteiger partial charge < -0.3 is 9.84 Å². The Bertz CT molecular complexity index is 507. The first-order valence-electron chi connectivity index (χ1n) is 5.82. The molecule has 0 radical (unpaired) electrons. The van der Waals surface area contributed by atoms with Crippen LogP contribution in [0.1, 0.15) is 17.2 Å². The minimum absolute atomic E-state index is 0.258. The van der Waals surface area contributed by atoms with Crippen molar-refractivity contribution in [1.82, 2.24) is 0 Å². The second-order valence-electron chi connectivity index (χ2n) is 4.33. The lowest BCUT2D eigenvalue weighted by Crippen LogP contribution is -2.30. The molecule has 2 atom stereocenters. The molecule has 2 heteroatoms. The van der Waals surface area contributed by atoms with E-state index < -0.39 is 6.10 Å². The van der Waals surface area contributed by atoms with Crippen LogP contribution < -0.4 is 4.74 Å². The van der Waals surface area contributed by atoms with Gasteiger partial charge in [0, 0.05) is 6.42 Å². The number of hydrogen-bond acceptors (Lipinski definition) is 2. The van der Waals surface area contributed by atoms with Gasteiger partial charge in [-0.05, 0) is 17.2 Å². The summed E-state index contributed by atoms with van der Waals surface area (Å²) in [6.45, 7) is 0. The molecule has 0 aliphatic carbocycles. The van der Waals surface area contributed by atoms with E-state index in [4.69, 9.17) is 4.74 Å². The summed E-state index contributed by atoms with van der Waals surface area (Å²) < 4.78 is 5.88. The van der Waals surface area contributed by atoms with Gasteiger partial charge in [0.15, 0.2) is 0 Å². The van der Waals surface area contributed by atoms with Crippen LogP contribution in [0.3, 0.4) is 0 Å². The van der Waals surface area contributed by atoms with Gasteiger partial charge >= 0.3 is 0 Å². The Kier molecular flexibility index (Phi) is 2.57.